The van der Waals surface area contributed by atoms with Crippen LogP contribution in [0.25, 0.3) is 0 Å². The molecule has 0 saturated heterocycles. The van der Waals surface area contributed by atoms with E-state index in [2.05, 4.69) is 29.6 Å². The minimum Gasteiger partial charge on any atom is -0.317 e. The van der Waals surface area contributed by atoms with Gasteiger partial charge in [-0.25, -0.2) is 0 Å². The summed E-state index contributed by atoms with van der Waals surface area (Å²) >= 11 is 0. The highest BCUT2D eigenvalue weighted by atomic mass is 15.2. The second-order valence-corrected chi connectivity index (χ2v) is 2.33. The lowest BCUT2D eigenvalue weighted by molar-refractivity contribution is 0.255. The van der Waals surface area contributed by atoms with E-state index < -0.39 is 0 Å². The number of rotatable bonds is 4. The summed E-state index contributed by atoms with van der Waals surface area (Å²) in [6.45, 7) is 0.976. The van der Waals surface area contributed by atoms with Crippen molar-refractivity contribution in [1.29, 1.82) is 0 Å². The molecule has 9 heavy (non-hydrogen) atoms. The van der Waals surface area contributed by atoms with Crippen LogP contribution in [0.3, 0.4) is 0 Å². The number of nitrogens with one attached hydrogen (secondary N) is 2. The zero-order valence-electron chi connectivity index (χ0n) is 6.73. The Labute approximate surface area is 57.4 Å². The van der Waals surface area contributed by atoms with Crippen molar-refractivity contribution in [2.45, 2.75) is 6.17 Å². The van der Waals surface area contributed by atoms with Crippen molar-refractivity contribution in [2.24, 2.45) is 0 Å². The van der Waals surface area contributed by atoms with Crippen molar-refractivity contribution < 1.29 is 0 Å². The second-order valence-electron chi connectivity index (χ2n) is 2.33. The summed E-state index contributed by atoms with van der Waals surface area (Å²) in [6.07, 6.45) is 0.440. The van der Waals surface area contributed by atoms with Crippen LogP contribution in [0.2, 0.25) is 0 Å². The first-order valence-electron chi connectivity index (χ1n) is 3.20. The molecule has 0 aromatic heterocycles. The monoisotopic (exact) mass is 131 g/mol. The first-order chi connectivity index (χ1) is 4.22. The quantitative estimate of drug-likeness (QED) is 0.495. The van der Waals surface area contributed by atoms with Crippen molar-refractivity contribution in [3.05, 3.63) is 0 Å². The molecule has 0 aliphatic heterocycles. The summed E-state index contributed by atoms with van der Waals surface area (Å²) < 4.78 is 0. The van der Waals surface area contributed by atoms with E-state index in [1.807, 2.05) is 14.1 Å². The lowest BCUT2D eigenvalue weighted by Gasteiger charge is -2.22. The molecule has 0 aromatic rings. The van der Waals surface area contributed by atoms with Crippen LogP contribution < -0.4 is 10.6 Å². The summed E-state index contributed by atoms with van der Waals surface area (Å²) in [6, 6.07) is 0. The largest absolute Gasteiger partial charge is 0.317 e. The lowest BCUT2D eigenvalue weighted by atomic mass is 10.4. The van der Waals surface area contributed by atoms with E-state index in [0.717, 1.165) is 6.54 Å². The van der Waals surface area contributed by atoms with Gasteiger partial charge in [0.25, 0.3) is 0 Å². The molecule has 3 heteroatoms. The van der Waals surface area contributed by atoms with Crippen molar-refractivity contribution in [1.82, 2.24) is 15.5 Å². The molecule has 0 rings (SSSR count). The van der Waals surface area contributed by atoms with Gasteiger partial charge in [0.1, 0.15) is 0 Å². The molecule has 0 heterocycles. The summed E-state index contributed by atoms with van der Waals surface area (Å²) in [5.41, 5.74) is 0. The van der Waals surface area contributed by atoms with Crippen LogP contribution in [-0.2, 0) is 0 Å². The van der Waals surface area contributed by atoms with Gasteiger partial charge in [0.05, 0.1) is 6.17 Å². The van der Waals surface area contributed by atoms with Gasteiger partial charge in [-0.15, -0.1) is 0 Å². The molecule has 0 bridgehead atoms. The number of nitrogens with zero attached hydrogens (tertiary/aromatic N) is 1. The zero-order valence-corrected chi connectivity index (χ0v) is 6.73. The fourth-order valence-corrected chi connectivity index (χ4v) is 0.736. The van der Waals surface area contributed by atoms with Crippen molar-refractivity contribution in [2.75, 3.05) is 34.7 Å². The van der Waals surface area contributed by atoms with E-state index in [9.17, 15) is 0 Å². The fraction of sp³-hybridized carbons (Fsp3) is 1.00. The van der Waals surface area contributed by atoms with Crippen LogP contribution in [0.15, 0.2) is 0 Å². The maximum Gasteiger partial charge on any atom is 0.0718 e. The van der Waals surface area contributed by atoms with Crippen LogP contribution >= 0.6 is 0 Å². The fourth-order valence-electron chi connectivity index (χ4n) is 0.736. The average molecular weight is 131 g/mol. The highest BCUT2D eigenvalue weighted by Gasteiger charge is 2.04. The van der Waals surface area contributed by atoms with Crippen LogP contribution in [0.4, 0.5) is 0 Å². The first-order valence-corrected chi connectivity index (χ1v) is 3.20. The normalized spacial score (nSPS) is 14.3. The van der Waals surface area contributed by atoms with Gasteiger partial charge in [-0.2, -0.15) is 0 Å². The molecule has 0 spiro atoms. The summed E-state index contributed by atoms with van der Waals surface area (Å²) in [5, 5.41) is 6.26. The number of likely N-dealkylation sites (N-methyl/N-ethyl adjacent to an activating group) is 3. The third-order valence-electron chi connectivity index (χ3n) is 1.35. The molecule has 0 fully saturated rings. The van der Waals surface area contributed by atoms with Gasteiger partial charge in [-0.3, -0.25) is 4.90 Å². The predicted molar refractivity (Wildman–Crippen MR) is 40.5 cm³/mol. The Balaban J connectivity index is 3.41. The van der Waals surface area contributed by atoms with Crippen molar-refractivity contribution in [3.8, 4) is 0 Å². The second kappa shape index (κ2) is 4.73. The Kier molecular flexibility index (Phi) is 4.67. The van der Waals surface area contributed by atoms with E-state index in [1.165, 1.54) is 0 Å². The molecule has 2 N–H and O–H groups in total. The standard InChI is InChI=1S/C6H17N3/c1-7-5-6(8-2)9(3)4/h6-8H,5H2,1-4H3. The van der Waals surface area contributed by atoms with Crippen LogP contribution in [0.5, 0.6) is 0 Å². The Morgan fingerprint density at radius 1 is 1.33 bits per heavy atom. The highest BCUT2D eigenvalue weighted by molar-refractivity contribution is 4.61. The molecule has 0 amide bonds. The average Bonchev–Trinajstić information content (AvgIpc) is 1.82. The SMILES string of the molecule is CNCC(NC)N(C)C. The van der Waals surface area contributed by atoms with Crippen molar-refractivity contribution in [3.63, 3.8) is 0 Å². The van der Waals surface area contributed by atoms with E-state index in [4.69, 9.17) is 0 Å². The number of hydrogen-bond acceptors (Lipinski definition) is 3. The molecule has 1 atom stereocenters. The third kappa shape index (κ3) is 3.46. The highest BCUT2D eigenvalue weighted by Crippen LogP contribution is 1.82. The summed E-state index contributed by atoms with van der Waals surface area (Å²) in [4.78, 5) is 2.14. The number of hydrogen-bond donors (Lipinski definition) is 2. The van der Waals surface area contributed by atoms with Gasteiger partial charge in [-0.05, 0) is 28.2 Å². The maximum absolute atomic E-state index is 3.17. The minimum atomic E-state index is 0.440. The van der Waals surface area contributed by atoms with Crippen LogP contribution in [0, 0.1) is 0 Å². The third-order valence-corrected chi connectivity index (χ3v) is 1.35. The Morgan fingerprint density at radius 3 is 2.00 bits per heavy atom. The molecule has 0 saturated carbocycles. The smallest absolute Gasteiger partial charge is 0.0718 e. The summed E-state index contributed by atoms with van der Waals surface area (Å²) in [7, 11) is 8.02. The van der Waals surface area contributed by atoms with E-state index in [-0.39, 0.29) is 0 Å². The summed E-state index contributed by atoms with van der Waals surface area (Å²) in [5.74, 6) is 0. The Morgan fingerprint density at radius 2 is 1.89 bits per heavy atom. The topological polar surface area (TPSA) is 27.3 Å². The van der Waals surface area contributed by atoms with E-state index in [0.29, 0.717) is 6.17 Å². The predicted octanol–water partition coefficient (Wildman–Crippen LogP) is -0.687. The molecular weight excluding hydrogens is 114 g/mol. The van der Waals surface area contributed by atoms with Crippen LogP contribution in [-0.4, -0.2) is 45.8 Å². The zero-order chi connectivity index (χ0) is 7.28. The first kappa shape index (κ1) is 8.88. The minimum absolute atomic E-state index is 0.440. The molecule has 56 valence electrons. The van der Waals surface area contributed by atoms with Gasteiger partial charge >= 0.3 is 0 Å². The van der Waals surface area contributed by atoms with Crippen LogP contribution in [0.1, 0.15) is 0 Å². The maximum atomic E-state index is 3.17. The molecule has 1 unspecified atom stereocenters. The molecular formula is C6H17N3. The van der Waals surface area contributed by atoms with Gasteiger partial charge in [-0.1, -0.05) is 0 Å². The molecule has 3 nitrogen and oxygen atoms in total. The molecule has 0 aromatic carbocycles. The lowest BCUT2D eigenvalue weighted by Crippen LogP contribution is -2.45. The Bertz CT molecular complexity index is 63.3. The molecule has 0 aliphatic rings. The van der Waals surface area contributed by atoms with Gasteiger partial charge in [0.15, 0.2) is 0 Å². The van der Waals surface area contributed by atoms with Crippen molar-refractivity contribution >= 4 is 0 Å². The van der Waals surface area contributed by atoms with E-state index in [1.54, 1.807) is 0 Å². The van der Waals surface area contributed by atoms with Gasteiger partial charge < -0.3 is 10.6 Å². The molecule has 0 aliphatic carbocycles. The molecule has 0 radical (unpaired) electrons. The van der Waals surface area contributed by atoms with Gasteiger partial charge in [0.2, 0.25) is 0 Å². The van der Waals surface area contributed by atoms with E-state index >= 15 is 0 Å². The van der Waals surface area contributed by atoms with Gasteiger partial charge in [0, 0.05) is 6.54 Å². The Hall–Kier alpha value is -0.120.